The Morgan fingerprint density at radius 1 is 1.10 bits per heavy atom. The van der Waals surface area contributed by atoms with E-state index in [0.717, 1.165) is 30.2 Å². The van der Waals surface area contributed by atoms with E-state index in [1.807, 2.05) is 32.0 Å². The molecule has 0 saturated carbocycles. The lowest BCUT2D eigenvalue weighted by Crippen LogP contribution is -2.20. The van der Waals surface area contributed by atoms with Crippen LogP contribution in [0.2, 0.25) is 0 Å². The van der Waals surface area contributed by atoms with E-state index in [1.165, 1.54) is 0 Å². The SMILES string of the molecule is COc1ccc(OCCOC(C)C)c(CNCC(C)C)c1. The largest absolute Gasteiger partial charge is 0.497 e. The van der Waals surface area contributed by atoms with Crippen molar-refractivity contribution in [2.75, 3.05) is 26.9 Å². The third-order valence-electron chi connectivity index (χ3n) is 2.93. The van der Waals surface area contributed by atoms with Gasteiger partial charge in [0.15, 0.2) is 0 Å². The van der Waals surface area contributed by atoms with Gasteiger partial charge in [0, 0.05) is 12.1 Å². The molecule has 0 heterocycles. The van der Waals surface area contributed by atoms with Crippen LogP contribution >= 0.6 is 0 Å². The Balaban J connectivity index is 2.58. The predicted octanol–water partition coefficient (Wildman–Crippen LogP) is 3.24. The summed E-state index contributed by atoms with van der Waals surface area (Å²) in [4.78, 5) is 0. The van der Waals surface area contributed by atoms with E-state index in [1.54, 1.807) is 7.11 Å². The number of ether oxygens (including phenoxy) is 3. The summed E-state index contributed by atoms with van der Waals surface area (Å²) in [5, 5.41) is 3.43. The van der Waals surface area contributed by atoms with Crippen molar-refractivity contribution in [3.8, 4) is 11.5 Å². The Morgan fingerprint density at radius 3 is 2.48 bits per heavy atom. The van der Waals surface area contributed by atoms with Gasteiger partial charge in [0.1, 0.15) is 18.1 Å². The molecular weight excluding hydrogens is 266 g/mol. The van der Waals surface area contributed by atoms with Gasteiger partial charge in [0.25, 0.3) is 0 Å². The van der Waals surface area contributed by atoms with E-state index in [4.69, 9.17) is 14.2 Å². The molecule has 0 atom stereocenters. The molecule has 0 fully saturated rings. The van der Waals surface area contributed by atoms with Crippen LogP contribution in [-0.2, 0) is 11.3 Å². The number of benzene rings is 1. The lowest BCUT2D eigenvalue weighted by atomic mass is 10.1. The molecule has 0 aliphatic carbocycles. The Labute approximate surface area is 128 Å². The number of nitrogens with one attached hydrogen (secondary N) is 1. The van der Waals surface area contributed by atoms with Crippen molar-refractivity contribution in [2.24, 2.45) is 5.92 Å². The summed E-state index contributed by atoms with van der Waals surface area (Å²) in [6.07, 6.45) is 0.233. The number of hydrogen-bond donors (Lipinski definition) is 1. The molecule has 0 aliphatic rings. The van der Waals surface area contributed by atoms with Crippen molar-refractivity contribution in [1.29, 1.82) is 0 Å². The van der Waals surface area contributed by atoms with Gasteiger partial charge in [-0.05, 0) is 44.5 Å². The molecule has 1 N–H and O–H groups in total. The molecular formula is C17H29NO3. The van der Waals surface area contributed by atoms with Crippen LogP contribution in [0.25, 0.3) is 0 Å². The monoisotopic (exact) mass is 295 g/mol. The standard InChI is InChI=1S/C17H29NO3/c1-13(2)11-18-12-15-10-16(19-5)6-7-17(15)21-9-8-20-14(3)4/h6-7,10,13-14,18H,8-9,11-12H2,1-5H3. The summed E-state index contributed by atoms with van der Waals surface area (Å²) in [6, 6.07) is 5.90. The topological polar surface area (TPSA) is 39.7 Å². The molecule has 1 aromatic rings. The van der Waals surface area contributed by atoms with E-state index in [9.17, 15) is 0 Å². The molecule has 120 valence electrons. The average Bonchev–Trinajstić information content (AvgIpc) is 2.44. The molecule has 4 heteroatoms. The average molecular weight is 295 g/mol. The fourth-order valence-corrected chi connectivity index (χ4v) is 1.89. The second-order valence-electron chi connectivity index (χ2n) is 5.77. The van der Waals surface area contributed by atoms with Crippen molar-refractivity contribution in [3.05, 3.63) is 23.8 Å². The second-order valence-corrected chi connectivity index (χ2v) is 5.77. The highest BCUT2D eigenvalue weighted by Gasteiger charge is 2.06. The lowest BCUT2D eigenvalue weighted by Gasteiger charge is -2.15. The molecule has 0 unspecified atom stereocenters. The first-order valence-corrected chi connectivity index (χ1v) is 7.65. The van der Waals surface area contributed by atoms with Gasteiger partial charge in [-0.1, -0.05) is 13.8 Å². The van der Waals surface area contributed by atoms with E-state index in [-0.39, 0.29) is 6.10 Å². The summed E-state index contributed by atoms with van der Waals surface area (Å²) in [5.41, 5.74) is 1.11. The first-order chi connectivity index (χ1) is 10.0. The van der Waals surface area contributed by atoms with Crippen LogP contribution in [0.5, 0.6) is 11.5 Å². The third kappa shape index (κ3) is 7.34. The van der Waals surface area contributed by atoms with Gasteiger partial charge in [-0.15, -0.1) is 0 Å². The molecule has 0 saturated heterocycles. The normalized spacial score (nSPS) is 11.2. The van der Waals surface area contributed by atoms with Gasteiger partial charge in [0.05, 0.1) is 19.8 Å². The summed E-state index contributed by atoms with van der Waals surface area (Å²) in [7, 11) is 1.68. The highest BCUT2D eigenvalue weighted by molar-refractivity contribution is 5.40. The summed E-state index contributed by atoms with van der Waals surface area (Å²) in [5.74, 6) is 2.36. The Bertz CT molecular complexity index is 405. The van der Waals surface area contributed by atoms with Crippen LogP contribution in [0.1, 0.15) is 33.3 Å². The molecule has 4 nitrogen and oxygen atoms in total. The third-order valence-corrected chi connectivity index (χ3v) is 2.93. The van der Waals surface area contributed by atoms with Crippen molar-refractivity contribution in [2.45, 2.75) is 40.3 Å². The maximum atomic E-state index is 5.82. The van der Waals surface area contributed by atoms with E-state index in [2.05, 4.69) is 19.2 Å². The molecule has 1 rings (SSSR count). The zero-order chi connectivity index (χ0) is 15.7. The molecule has 0 radical (unpaired) electrons. The second kappa shape index (κ2) is 9.64. The molecule has 1 aromatic carbocycles. The Morgan fingerprint density at radius 2 is 1.86 bits per heavy atom. The Hall–Kier alpha value is -1.26. The Kier molecular flexibility index (Phi) is 8.16. The van der Waals surface area contributed by atoms with Gasteiger partial charge in [-0.25, -0.2) is 0 Å². The van der Waals surface area contributed by atoms with Crippen LogP contribution in [0.15, 0.2) is 18.2 Å². The van der Waals surface area contributed by atoms with E-state index in [0.29, 0.717) is 19.1 Å². The maximum absolute atomic E-state index is 5.82. The number of hydrogen-bond acceptors (Lipinski definition) is 4. The highest BCUT2D eigenvalue weighted by Crippen LogP contribution is 2.24. The molecule has 0 aromatic heterocycles. The van der Waals surface area contributed by atoms with E-state index >= 15 is 0 Å². The zero-order valence-corrected chi connectivity index (χ0v) is 13.9. The van der Waals surface area contributed by atoms with Crippen LogP contribution < -0.4 is 14.8 Å². The van der Waals surface area contributed by atoms with Crippen LogP contribution in [-0.4, -0.2) is 33.0 Å². The fraction of sp³-hybridized carbons (Fsp3) is 0.647. The first-order valence-electron chi connectivity index (χ1n) is 7.65. The highest BCUT2D eigenvalue weighted by atomic mass is 16.5. The van der Waals surface area contributed by atoms with Gasteiger partial charge >= 0.3 is 0 Å². The molecule has 0 spiro atoms. The molecule has 0 bridgehead atoms. The van der Waals surface area contributed by atoms with Gasteiger partial charge in [0.2, 0.25) is 0 Å². The smallest absolute Gasteiger partial charge is 0.124 e. The predicted molar refractivity (Wildman–Crippen MR) is 86.1 cm³/mol. The van der Waals surface area contributed by atoms with Gasteiger partial charge < -0.3 is 19.5 Å². The van der Waals surface area contributed by atoms with Crippen molar-refractivity contribution in [3.63, 3.8) is 0 Å². The number of methoxy groups -OCH3 is 1. The van der Waals surface area contributed by atoms with Crippen molar-refractivity contribution >= 4 is 0 Å². The van der Waals surface area contributed by atoms with E-state index < -0.39 is 0 Å². The molecule has 21 heavy (non-hydrogen) atoms. The van der Waals surface area contributed by atoms with Gasteiger partial charge in [-0.3, -0.25) is 0 Å². The fourth-order valence-electron chi connectivity index (χ4n) is 1.89. The minimum Gasteiger partial charge on any atom is -0.497 e. The summed E-state index contributed by atoms with van der Waals surface area (Å²) < 4.78 is 16.6. The zero-order valence-electron chi connectivity index (χ0n) is 13.9. The quantitative estimate of drug-likeness (QED) is 0.673. The van der Waals surface area contributed by atoms with Crippen LogP contribution in [0, 0.1) is 5.92 Å². The van der Waals surface area contributed by atoms with Crippen molar-refractivity contribution < 1.29 is 14.2 Å². The van der Waals surface area contributed by atoms with Crippen LogP contribution in [0.3, 0.4) is 0 Å². The summed E-state index contributed by atoms with van der Waals surface area (Å²) in [6.45, 7) is 11.3. The maximum Gasteiger partial charge on any atom is 0.124 e. The lowest BCUT2D eigenvalue weighted by molar-refractivity contribution is 0.0550. The minimum atomic E-state index is 0.233. The molecule has 0 aliphatic heterocycles. The first kappa shape index (κ1) is 17.8. The van der Waals surface area contributed by atoms with Gasteiger partial charge in [-0.2, -0.15) is 0 Å². The number of rotatable bonds is 10. The van der Waals surface area contributed by atoms with Crippen LogP contribution in [0.4, 0.5) is 0 Å². The minimum absolute atomic E-state index is 0.233. The molecule has 0 amide bonds. The summed E-state index contributed by atoms with van der Waals surface area (Å²) >= 11 is 0. The van der Waals surface area contributed by atoms with Crippen molar-refractivity contribution in [1.82, 2.24) is 5.32 Å².